The van der Waals surface area contributed by atoms with Gasteiger partial charge in [-0.2, -0.15) is 0 Å². The molecule has 0 amide bonds. The molecule has 1 aliphatic carbocycles. The van der Waals surface area contributed by atoms with Crippen LogP contribution in [0.1, 0.15) is 18.4 Å². The molecule has 7 heteroatoms. The van der Waals surface area contributed by atoms with Gasteiger partial charge in [-0.25, -0.2) is 13.1 Å². The van der Waals surface area contributed by atoms with Gasteiger partial charge in [0.2, 0.25) is 10.0 Å². The van der Waals surface area contributed by atoms with E-state index in [-0.39, 0.29) is 17.2 Å². The van der Waals surface area contributed by atoms with Crippen LogP contribution in [0.4, 0.5) is 0 Å². The van der Waals surface area contributed by atoms with Gasteiger partial charge in [0.25, 0.3) is 0 Å². The summed E-state index contributed by atoms with van der Waals surface area (Å²) in [5, 5.41) is 0.327. The first-order valence-corrected chi connectivity index (χ1v) is 7.90. The Morgan fingerprint density at radius 2 is 2.16 bits per heavy atom. The molecule has 0 atom stereocenters. The van der Waals surface area contributed by atoms with Crippen LogP contribution in [0.15, 0.2) is 17.0 Å². The molecular formula is C12H17ClN2O3S. The van der Waals surface area contributed by atoms with Crippen molar-refractivity contribution in [3.05, 3.63) is 22.7 Å². The van der Waals surface area contributed by atoms with E-state index in [1.165, 1.54) is 13.2 Å². The Hall–Kier alpha value is -0.820. The molecule has 0 spiro atoms. The number of ether oxygens (including phenoxy) is 1. The second-order valence-electron chi connectivity index (χ2n) is 4.60. The Bertz CT molecular complexity index is 571. The summed E-state index contributed by atoms with van der Waals surface area (Å²) in [6.45, 7) is 0.616. The van der Waals surface area contributed by atoms with Crippen LogP contribution in [0.2, 0.25) is 5.02 Å². The van der Waals surface area contributed by atoms with E-state index in [2.05, 4.69) is 4.72 Å². The maximum absolute atomic E-state index is 12.3. The van der Waals surface area contributed by atoms with Crippen LogP contribution in [-0.2, 0) is 16.6 Å². The summed E-state index contributed by atoms with van der Waals surface area (Å²) in [4.78, 5) is 0.0450. The minimum Gasteiger partial charge on any atom is -0.495 e. The number of hydrogen-bond donors (Lipinski definition) is 2. The van der Waals surface area contributed by atoms with Crippen molar-refractivity contribution >= 4 is 21.6 Å². The van der Waals surface area contributed by atoms with Gasteiger partial charge in [-0.1, -0.05) is 11.6 Å². The third-order valence-electron chi connectivity index (χ3n) is 3.07. The smallest absolute Gasteiger partial charge is 0.244 e. The van der Waals surface area contributed by atoms with Crippen molar-refractivity contribution in [3.8, 4) is 5.75 Å². The molecule has 0 saturated heterocycles. The highest BCUT2D eigenvalue weighted by molar-refractivity contribution is 7.89. The summed E-state index contributed by atoms with van der Waals surface area (Å²) in [5.41, 5.74) is 6.16. The van der Waals surface area contributed by atoms with E-state index in [0.717, 1.165) is 12.8 Å². The lowest BCUT2D eigenvalue weighted by Crippen LogP contribution is -2.26. The van der Waals surface area contributed by atoms with Crippen molar-refractivity contribution in [3.63, 3.8) is 0 Å². The maximum Gasteiger partial charge on any atom is 0.244 e. The molecule has 1 aliphatic rings. The van der Waals surface area contributed by atoms with Gasteiger partial charge in [0, 0.05) is 23.7 Å². The zero-order valence-corrected chi connectivity index (χ0v) is 12.2. The number of hydrogen-bond acceptors (Lipinski definition) is 4. The standard InChI is InChI=1S/C12H17ClN2O3S/c1-18-12-9(6-14)4-10(13)5-11(12)19(16,17)15-7-8-2-3-8/h4-5,8,15H,2-3,6-7,14H2,1H3. The van der Waals surface area contributed by atoms with Crippen LogP contribution in [0, 0.1) is 5.92 Å². The first kappa shape index (κ1) is 14.6. The topological polar surface area (TPSA) is 81.4 Å². The Labute approximate surface area is 118 Å². The number of sulfonamides is 1. The molecule has 0 unspecified atom stereocenters. The van der Waals surface area contributed by atoms with E-state index in [9.17, 15) is 8.42 Å². The summed E-state index contributed by atoms with van der Waals surface area (Å²) in [6, 6.07) is 3.00. The largest absolute Gasteiger partial charge is 0.495 e. The first-order chi connectivity index (χ1) is 8.97. The first-order valence-electron chi connectivity index (χ1n) is 6.04. The molecule has 106 valence electrons. The van der Waals surface area contributed by atoms with Gasteiger partial charge in [0.1, 0.15) is 10.6 Å². The number of methoxy groups -OCH3 is 1. The van der Waals surface area contributed by atoms with E-state index in [1.807, 2.05) is 0 Å². The Balaban J connectivity index is 2.38. The third kappa shape index (κ3) is 3.39. The van der Waals surface area contributed by atoms with Crippen LogP contribution in [-0.4, -0.2) is 22.1 Å². The third-order valence-corrected chi connectivity index (χ3v) is 4.72. The second-order valence-corrected chi connectivity index (χ2v) is 6.77. The van der Waals surface area contributed by atoms with E-state index in [4.69, 9.17) is 22.1 Å². The summed E-state index contributed by atoms with van der Waals surface area (Å²) in [5.74, 6) is 0.712. The van der Waals surface area contributed by atoms with Crippen molar-refractivity contribution < 1.29 is 13.2 Å². The molecule has 1 saturated carbocycles. The quantitative estimate of drug-likeness (QED) is 0.834. The predicted molar refractivity (Wildman–Crippen MR) is 73.8 cm³/mol. The molecule has 1 fully saturated rings. The van der Waals surface area contributed by atoms with Gasteiger partial charge >= 0.3 is 0 Å². The van der Waals surface area contributed by atoms with Crippen LogP contribution < -0.4 is 15.2 Å². The molecule has 3 N–H and O–H groups in total. The van der Waals surface area contributed by atoms with Crippen LogP contribution >= 0.6 is 11.6 Å². The van der Waals surface area contributed by atoms with Gasteiger partial charge in [-0.05, 0) is 30.9 Å². The lowest BCUT2D eigenvalue weighted by Gasteiger charge is -2.14. The van der Waals surface area contributed by atoms with Crippen molar-refractivity contribution in [2.45, 2.75) is 24.3 Å². The molecule has 5 nitrogen and oxygen atoms in total. The highest BCUT2D eigenvalue weighted by Crippen LogP contribution is 2.32. The molecule has 1 aromatic carbocycles. The van der Waals surface area contributed by atoms with Crippen molar-refractivity contribution in [2.75, 3.05) is 13.7 Å². The fraction of sp³-hybridized carbons (Fsp3) is 0.500. The fourth-order valence-electron chi connectivity index (χ4n) is 1.83. The highest BCUT2D eigenvalue weighted by Gasteiger charge is 2.27. The Morgan fingerprint density at radius 3 is 2.68 bits per heavy atom. The predicted octanol–water partition coefficient (Wildman–Crippen LogP) is 1.50. The number of rotatable bonds is 6. The van der Waals surface area contributed by atoms with Gasteiger partial charge in [-0.15, -0.1) is 0 Å². The molecule has 0 aliphatic heterocycles. The van der Waals surface area contributed by atoms with Gasteiger partial charge < -0.3 is 10.5 Å². The summed E-state index contributed by atoms with van der Waals surface area (Å²) in [6.07, 6.45) is 2.15. The van der Waals surface area contributed by atoms with Crippen LogP contribution in [0.5, 0.6) is 5.75 Å². The van der Waals surface area contributed by atoms with Crippen molar-refractivity contribution in [1.29, 1.82) is 0 Å². The minimum absolute atomic E-state index is 0.0450. The van der Waals surface area contributed by atoms with E-state index >= 15 is 0 Å². The summed E-state index contributed by atoms with van der Waals surface area (Å²) in [7, 11) is -2.21. The van der Waals surface area contributed by atoms with E-state index < -0.39 is 10.0 Å². The normalized spacial score (nSPS) is 15.5. The molecule has 0 aromatic heterocycles. The summed E-state index contributed by atoms with van der Waals surface area (Å²) >= 11 is 5.94. The zero-order chi connectivity index (χ0) is 14.0. The molecule has 0 heterocycles. The fourth-order valence-corrected chi connectivity index (χ4v) is 3.49. The highest BCUT2D eigenvalue weighted by atomic mass is 35.5. The van der Waals surface area contributed by atoms with Crippen molar-refractivity contribution in [2.24, 2.45) is 11.7 Å². The van der Waals surface area contributed by atoms with Gasteiger partial charge in [-0.3, -0.25) is 0 Å². The Kier molecular flexibility index (Phi) is 4.35. The molecule has 0 bridgehead atoms. The number of nitrogens with one attached hydrogen (secondary N) is 1. The molecule has 0 radical (unpaired) electrons. The molecular weight excluding hydrogens is 288 g/mol. The average molecular weight is 305 g/mol. The minimum atomic E-state index is -3.63. The summed E-state index contributed by atoms with van der Waals surface area (Å²) < 4.78 is 32.3. The monoisotopic (exact) mass is 304 g/mol. The maximum atomic E-state index is 12.3. The Morgan fingerprint density at radius 1 is 1.47 bits per heavy atom. The van der Waals surface area contributed by atoms with Crippen LogP contribution in [0.25, 0.3) is 0 Å². The SMILES string of the molecule is COc1c(CN)cc(Cl)cc1S(=O)(=O)NCC1CC1. The molecule has 2 rings (SSSR count). The number of nitrogens with two attached hydrogens (primary N) is 1. The van der Waals surface area contributed by atoms with Crippen molar-refractivity contribution in [1.82, 2.24) is 4.72 Å². The van der Waals surface area contributed by atoms with E-state index in [0.29, 0.717) is 23.0 Å². The van der Waals surface area contributed by atoms with Gasteiger partial charge in [0.05, 0.1) is 7.11 Å². The van der Waals surface area contributed by atoms with Gasteiger partial charge in [0.15, 0.2) is 0 Å². The van der Waals surface area contributed by atoms with E-state index in [1.54, 1.807) is 6.07 Å². The average Bonchev–Trinajstić information content (AvgIpc) is 3.19. The number of halogens is 1. The molecule has 19 heavy (non-hydrogen) atoms. The zero-order valence-electron chi connectivity index (χ0n) is 10.6. The molecule has 1 aromatic rings. The lowest BCUT2D eigenvalue weighted by molar-refractivity contribution is 0.397. The second kappa shape index (κ2) is 5.66. The lowest BCUT2D eigenvalue weighted by atomic mass is 10.2. The number of benzene rings is 1. The van der Waals surface area contributed by atoms with Crippen LogP contribution in [0.3, 0.4) is 0 Å².